The summed E-state index contributed by atoms with van der Waals surface area (Å²) in [5.74, 6) is 0.417. The molecule has 1 aromatic carbocycles. The summed E-state index contributed by atoms with van der Waals surface area (Å²) in [5, 5.41) is 4.55. The number of carbonyl (C=O) groups excluding carboxylic acids is 1. The molecule has 130 valence electrons. The molecule has 1 fully saturated rings. The molecule has 4 rings (SSSR count). The van der Waals surface area contributed by atoms with Crippen molar-refractivity contribution < 1.29 is 9.21 Å². The Kier molecular flexibility index (Phi) is 4.12. The van der Waals surface area contributed by atoms with Gasteiger partial charge in [0.2, 0.25) is 0 Å². The van der Waals surface area contributed by atoms with Gasteiger partial charge in [-0.05, 0) is 43.9 Å². The summed E-state index contributed by atoms with van der Waals surface area (Å²) in [6, 6.07) is 7.64. The monoisotopic (exact) mass is 355 g/mol. The normalized spacial score (nSPS) is 20.9. The van der Waals surface area contributed by atoms with E-state index in [-0.39, 0.29) is 17.6 Å². The van der Waals surface area contributed by atoms with Crippen LogP contribution in [0.2, 0.25) is 0 Å². The molecule has 4 nitrogen and oxygen atoms in total. The van der Waals surface area contributed by atoms with Gasteiger partial charge in [-0.3, -0.25) is 4.79 Å². The molecule has 3 aromatic rings. The summed E-state index contributed by atoms with van der Waals surface area (Å²) < 4.78 is 6.24. The minimum Gasteiger partial charge on any atom is -0.422 e. The number of thiophene rings is 1. The van der Waals surface area contributed by atoms with Crippen LogP contribution in [0.5, 0.6) is 0 Å². The number of hydrogen-bond acceptors (Lipinski definition) is 4. The molecule has 1 saturated carbocycles. The van der Waals surface area contributed by atoms with Crippen LogP contribution in [0.1, 0.15) is 47.8 Å². The molecule has 0 aliphatic heterocycles. The fraction of sp³-hybridized carbons (Fsp3) is 0.400. The van der Waals surface area contributed by atoms with Gasteiger partial charge in [-0.1, -0.05) is 31.4 Å². The number of hydrogen-bond donors (Lipinski definition) is 1. The van der Waals surface area contributed by atoms with E-state index in [1.165, 1.54) is 17.8 Å². The van der Waals surface area contributed by atoms with Gasteiger partial charge >= 0.3 is 5.63 Å². The Morgan fingerprint density at radius 3 is 2.80 bits per heavy atom. The molecule has 2 aromatic heterocycles. The lowest BCUT2D eigenvalue weighted by Crippen LogP contribution is -2.40. The van der Waals surface area contributed by atoms with Crippen LogP contribution in [-0.2, 0) is 0 Å². The van der Waals surface area contributed by atoms with Crippen LogP contribution in [0, 0.1) is 12.8 Å². The van der Waals surface area contributed by atoms with Gasteiger partial charge in [-0.2, -0.15) is 0 Å². The maximum Gasteiger partial charge on any atom is 0.345 e. The molecular formula is C20H21NO3S. The van der Waals surface area contributed by atoms with Crippen LogP contribution in [0.25, 0.3) is 21.1 Å². The van der Waals surface area contributed by atoms with Gasteiger partial charge < -0.3 is 9.73 Å². The fourth-order valence-electron chi connectivity index (χ4n) is 3.69. The molecule has 0 saturated heterocycles. The predicted octanol–water partition coefficient (Wildman–Crippen LogP) is 4.62. The third-order valence-electron chi connectivity index (χ3n) is 5.19. The quantitative estimate of drug-likeness (QED) is 0.682. The minimum absolute atomic E-state index is 0.0832. The van der Waals surface area contributed by atoms with Gasteiger partial charge in [0, 0.05) is 11.4 Å². The molecule has 1 aliphatic carbocycles. The van der Waals surface area contributed by atoms with E-state index in [1.807, 2.05) is 25.1 Å². The van der Waals surface area contributed by atoms with E-state index < -0.39 is 0 Å². The van der Waals surface area contributed by atoms with Crippen molar-refractivity contribution in [2.75, 3.05) is 0 Å². The minimum atomic E-state index is -0.382. The lowest BCUT2D eigenvalue weighted by Gasteiger charge is -2.29. The lowest BCUT2D eigenvalue weighted by atomic mass is 9.86. The molecule has 5 heteroatoms. The standard InChI is InChI=1S/C20H21NO3S/c1-11-7-8-16-13(9-11)18-14(20(23)24-16)10-17(25-18)19(22)21-15-6-4-3-5-12(15)2/h7-10,12,15H,3-6H2,1-2H3,(H,21,22)/t12-,15-/m1/s1. The van der Waals surface area contributed by atoms with Gasteiger partial charge in [0.25, 0.3) is 5.91 Å². The summed E-state index contributed by atoms with van der Waals surface area (Å²) in [6.07, 6.45) is 4.59. The van der Waals surface area contributed by atoms with E-state index in [9.17, 15) is 9.59 Å². The largest absolute Gasteiger partial charge is 0.422 e. The number of benzene rings is 1. The van der Waals surface area contributed by atoms with Gasteiger partial charge in [0.05, 0.1) is 15.0 Å². The number of carbonyl (C=O) groups is 1. The highest BCUT2D eigenvalue weighted by Crippen LogP contribution is 2.31. The Morgan fingerprint density at radius 1 is 1.20 bits per heavy atom. The second-order valence-electron chi connectivity index (χ2n) is 7.08. The maximum absolute atomic E-state index is 12.7. The number of aryl methyl sites for hydroxylation is 1. The Balaban J connectivity index is 1.74. The van der Waals surface area contributed by atoms with E-state index in [4.69, 9.17) is 4.42 Å². The Labute approximate surface area is 149 Å². The van der Waals surface area contributed by atoms with Crippen molar-refractivity contribution in [3.63, 3.8) is 0 Å². The second kappa shape index (κ2) is 6.30. The van der Waals surface area contributed by atoms with E-state index in [1.54, 1.807) is 6.07 Å². The first-order valence-electron chi connectivity index (χ1n) is 8.81. The number of fused-ring (bicyclic) bond motifs is 3. The Morgan fingerprint density at radius 2 is 2.00 bits per heavy atom. The summed E-state index contributed by atoms with van der Waals surface area (Å²) >= 11 is 1.38. The molecule has 1 aliphatic rings. The summed E-state index contributed by atoms with van der Waals surface area (Å²) in [4.78, 5) is 25.6. The highest BCUT2D eigenvalue weighted by Gasteiger charge is 2.24. The third-order valence-corrected chi connectivity index (χ3v) is 6.35. The van der Waals surface area contributed by atoms with Gasteiger partial charge in [0.1, 0.15) is 5.58 Å². The van der Waals surface area contributed by atoms with Crippen LogP contribution in [0.3, 0.4) is 0 Å². The number of amides is 1. The second-order valence-corrected chi connectivity index (χ2v) is 8.14. The first-order chi connectivity index (χ1) is 12.0. The van der Waals surface area contributed by atoms with E-state index in [0.29, 0.717) is 21.8 Å². The van der Waals surface area contributed by atoms with Gasteiger partial charge in [-0.15, -0.1) is 11.3 Å². The molecule has 2 atom stereocenters. The summed E-state index contributed by atoms with van der Waals surface area (Å²) in [7, 11) is 0. The van der Waals surface area contributed by atoms with Crippen LogP contribution < -0.4 is 10.9 Å². The molecule has 0 radical (unpaired) electrons. The summed E-state index contributed by atoms with van der Waals surface area (Å²) in [6.45, 7) is 4.20. The zero-order chi connectivity index (χ0) is 17.6. The molecule has 1 N–H and O–H groups in total. The van der Waals surface area contributed by atoms with Crippen LogP contribution in [-0.4, -0.2) is 11.9 Å². The molecule has 0 unspecified atom stereocenters. The van der Waals surface area contributed by atoms with Gasteiger partial charge in [0.15, 0.2) is 0 Å². The van der Waals surface area contributed by atoms with E-state index in [2.05, 4.69) is 12.2 Å². The zero-order valence-corrected chi connectivity index (χ0v) is 15.2. The van der Waals surface area contributed by atoms with Crippen molar-refractivity contribution >= 4 is 38.3 Å². The van der Waals surface area contributed by atoms with Crippen molar-refractivity contribution in [3.8, 4) is 0 Å². The van der Waals surface area contributed by atoms with Crippen LogP contribution >= 0.6 is 11.3 Å². The molecular weight excluding hydrogens is 334 g/mol. The van der Waals surface area contributed by atoms with Crippen molar-refractivity contribution in [2.24, 2.45) is 5.92 Å². The number of nitrogens with one attached hydrogen (secondary N) is 1. The van der Waals surface area contributed by atoms with Crippen molar-refractivity contribution in [2.45, 2.75) is 45.6 Å². The first kappa shape index (κ1) is 16.3. The van der Waals surface area contributed by atoms with E-state index in [0.717, 1.165) is 34.9 Å². The predicted molar refractivity (Wildman–Crippen MR) is 101 cm³/mol. The molecule has 0 spiro atoms. The molecule has 1 amide bonds. The van der Waals surface area contributed by atoms with Crippen molar-refractivity contribution in [1.29, 1.82) is 0 Å². The highest BCUT2D eigenvalue weighted by molar-refractivity contribution is 7.21. The average molecular weight is 355 g/mol. The van der Waals surface area contributed by atoms with Crippen molar-refractivity contribution in [3.05, 3.63) is 45.1 Å². The third kappa shape index (κ3) is 2.97. The topological polar surface area (TPSA) is 59.3 Å². The van der Waals surface area contributed by atoms with E-state index >= 15 is 0 Å². The maximum atomic E-state index is 12.7. The SMILES string of the molecule is Cc1ccc2oc(=O)c3cc(C(=O)N[C@@H]4CCCC[C@H]4C)sc3c2c1. The van der Waals surface area contributed by atoms with Crippen LogP contribution in [0.4, 0.5) is 0 Å². The highest BCUT2D eigenvalue weighted by atomic mass is 32.1. The lowest BCUT2D eigenvalue weighted by molar-refractivity contribution is 0.0914. The molecule has 2 heterocycles. The van der Waals surface area contributed by atoms with Crippen molar-refractivity contribution in [1.82, 2.24) is 5.32 Å². The molecule has 25 heavy (non-hydrogen) atoms. The average Bonchev–Trinajstić information content (AvgIpc) is 3.04. The number of rotatable bonds is 2. The first-order valence-corrected chi connectivity index (χ1v) is 9.62. The smallest absolute Gasteiger partial charge is 0.345 e. The summed E-state index contributed by atoms with van der Waals surface area (Å²) in [5.41, 5.74) is 1.28. The van der Waals surface area contributed by atoms with Crippen LogP contribution in [0.15, 0.2) is 33.5 Å². The zero-order valence-electron chi connectivity index (χ0n) is 14.4. The van der Waals surface area contributed by atoms with Gasteiger partial charge in [-0.25, -0.2) is 4.79 Å². The fourth-order valence-corrected chi connectivity index (χ4v) is 4.76. The Hall–Kier alpha value is -2.14. The Bertz CT molecular complexity index is 1020. The molecule has 0 bridgehead atoms.